The number of fused-ring (bicyclic) bond motifs is 1. The first-order valence-corrected chi connectivity index (χ1v) is 9.11. The molecule has 1 heterocycles. The number of benzene rings is 3. The largest absolute Gasteiger partial charge is 0.135 e. The molecule has 3 aromatic carbocycles. The van der Waals surface area contributed by atoms with Crippen molar-refractivity contribution in [2.24, 2.45) is 0 Å². The minimum atomic E-state index is 0.725. The molecule has 0 saturated heterocycles. The fourth-order valence-corrected chi connectivity index (χ4v) is 4.62. The molecule has 0 fully saturated rings. The van der Waals surface area contributed by atoms with Gasteiger partial charge in [0, 0.05) is 9.58 Å². The van der Waals surface area contributed by atoms with Gasteiger partial charge in [0.25, 0.3) is 0 Å². The van der Waals surface area contributed by atoms with Crippen molar-refractivity contribution < 1.29 is 0 Å². The van der Waals surface area contributed by atoms with Gasteiger partial charge in [0.1, 0.15) is 0 Å². The van der Waals surface area contributed by atoms with Crippen molar-refractivity contribution in [1.82, 2.24) is 0 Å². The molecule has 106 valence electrons. The van der Waals surface area contributed by atoms with Crippen LogP contribution in [0.15, 0.2) is 84.9 Å². The van der Waals surface area contributed by atoms with Crippen LogP contribution in [-0.2, 0) is 0 Å². The molecule has 0 spiro atoms. The standard InChI is InChI=1S/C20H15PS/c1-2-7-17(8-3-1)21-18-12-10-15(11-13-18)20-14-16-6-4-5-9-19(16)22-20/h1-14,21H. The fraction of sp³-hybridized carbons (Fsp3) is 0. The Bertz CT molecular complexity index is 859. The molecule has 0 nitrogen and oxygen atoms in total. The van der Waals surface area contributed by atoms with Crippen LogP contribution in [0.5, 0.6) is 0 Å². The second kappa shape index (κ2) is 6.04. The van der Waals surface area contributed by atoms with Crippen LogP contribution in [-0.4, -0.2) is 0 Å². The molecule has 0 bridgehead atoms. The highest BCUT2D eigenvalue weighted by molar-refractivity contribution is 7.55. The van der Waals surface area contributed by atoms with Crippen molar-refractivity contribution in [3.8, 4) is 10.4 Å². The third kappa shape index (κ3) is 2.83. The van der Waals surface area contributed by atoms with E-state index in [0.717, 1.165) is 8.58 Å². The van der Waals surface area contributed by atoms with E-state index in [4.69, 9.17) is 0 Å². The molecule has 0 aliphatic rings. The van der Waals surface area contributed by atoms with Gasteiger partial charge in [-0.1, -0.05) is 81.4 Å². The Morgan fingerprint density at radius 2 is 1.32 bits per heavy atom. The maximum atomic E-state index is 2.29. The molecule has 0 amide bonds. The van der Waals surface area contributed by atoms with Crippen LogP contribution >= 0.6 is 19.9 Å². The zero-order valence-electron chi connectivity index (χ0n) is 12.0. The first-order valence-electron chi connectivity index (χ1n) is 7.29. The van der Waals surface area contributed by atoms with Crippen LogP contribution in [0.25, 0.3) is 20.5 Å². The quantitative estimate of drug-likeness (QED) is 0.456. The van der Waals surface area contributed by atoms with E-state index < -0.39 is 0 Å². The van der Waals surface area contributed by atoms with Crippen LogP contribution in [0, 0.1) is 0 Å². The summed E-state index contributed by atoms with van der Waals surface area (Å²) in [6.45, 7) is 0. The minimum Gasteiger partial charge on any atom is -0.135 e. The Morgan fingerprint density at radius 3 is 2.09 bits per heavy atom. The van der Waals surface area contributed by atoms with Gasteiger partial charge in [0.15, 0.2) is 0 Å². The van der Waals surface area contributed by atoms with E-state index in [1.807, 2.05) is 11.3 Å². The molecule has 1 atom stereocenters. The number of thiophene rings is 1. The summed E-state index contributed by atoms with van der Waals surface area (Å²) in [7, 11) is 0.725. The summed E-state index contributed by atoms with van der Waals surface area (Å²) >= 11 is 1.86. The molecule has 0 N–H and O–H groups in total. The van der Waals surface area contributed by atoms with Crippen molar-refractivity contribution in [1.29, 1.82) is 0 Å². The highest BCUT2D eigenvalue weighted by Crippen LogP contribution is 2.33. The second-order valence-corrected chi connectivity index (χ2v) is 7.71. The second-order valence-electron chi connectivity index (χ2n) is 5.22. The molecule has 4 aromatic rings. The molecule has 2 heteroatoms. The zero-order chi connectivity index (χ0) is 14.8. The monoisotopic (exact) mass is 318 g/mol. The highest BCUT2D eigenvalue weighted by Gasteiger charge is 2.04. The highest BCUT2D eigenvalue weighted by atomic mass is 32.1. The van der Waals surface area contributed by atoms with Crippen LogP contribution in [0.4, 0.5) is 0 Å². The molecule has 0 aliphatic carbocycles. The lowest BCUT2D eigenvalue weighted by molar-refractivity contribution is 1.74. The van der Waals surface area contributed by atoms with Gasteiger partial charge in [0.2, 0.25) is 0 Å². The van der Waals surface area contributed by atoms with Gasteiger partial charge in [-0.2, -0.15) is 0 Å². The van der Waals surface area contributed by atoms with Crippen molar-refractivity contribution in [2.75, 3.05) is 0 Å². The van der Waals surface area contributed by atoms with Gasteiger partial charge in [0.05, 0.1) is 0 Å². The minimum absolute atomic E-state index is 0.725. The van der Waals surface area contributed by atoms with E-state index in [1.165, 1.54) is 31.1 Å². The summed E-state index contributed by atoms with van der Waals surface area (Å²) in [5, 5.41) is 4.10. The fourth-order valence-electron chi connectivity index (χ4n) is 2.53. The molecule has 1 aromatic heterocycles. The van der Waals surface area contributed by atoms with E-state index in [0.29, 0.717) is 0 Å². The smallest absolute Gasteiger partial charge is 0.0355 e. The average molecular weight is 318 g/mol. The van der Waals surface area contributed by atoms with Gasteiger partial charge >= 0.3 is 0 Å². The molecule has 0 saturated carbocycles. The number of hydrogen-bond acceptors (Lipinski definition) is 1. The van der Waals surface area contributed by atoms with Gasteiger partial charge in [-0.25, -0.2) is 0 Å². The first kappa shape index (κ1) is 13.7. The van der Waals surface area contributed by atoms with E-state index in [1.54, 1.807) is 0 Å². The van der Waals surface area contributed by atoms with Gasteiger partial charge < -0.3 is 0 Å². The molecule has 0 radical (unpaired) electrons. The molecule has 1 unspecified atom stereocenters. The summed E-state index contributed by atoms with van der Waals surface area (Å²) in [6.07, 6.45) is 0. The van der Waals surface area contributed by atoms with Crippen molar-refractivity contribution in [3.63, 3.8) is 0 Å². The lowest BCUT2D eigenvalue weighted by Gasteiger charge is -2.03. The van der Waals surface area contributed by atoms with E-state index >= 15 is 0 Å². The lowest BCUT2D eigenvalue weighted by atomic mass is 10.1. The van der Waals surface area contributed by atoms with Gasteiger partial charge in [-0.3, -0.25) is 0 Å². The normalized spacial score (nSPS) is 11.5. The molecule has 4 rings (SSSR count). The topological polar surface area (TPSA) is 0 Å². The van der Waals surface area contributed by atoms with Crippen LogP contribution < -0.4 is 10.6 Å². The summed E-state index contributed by atoms with van der Waals surface area (Å²) in [4.78, 5) is 1.34. The average Bonchev–Trinajstić information content (AvgIpc) is 3.00. The maximum Gasteiger partial charge on any atom is 0.0355 e. The molecular formula is C20H15PS. The predicted octanol–water partition coefficient (Wildman–Crippen LogP) is 5.20. The molecule has 22 heavy (non-hydrogen) atoms. The Balaban J connectivity index is 1.61. The van der Waals surface area contributed by atoms with E-state index in [9.17, 15) is 0 Å². The third-order valence-corrected chi connectivity index (χ3v) is 6.07. The Morgan fingerprint density at radius 1 is 0.636 bits per heavy atom. The SMILES string of the molecule is c1ccc(Pc2ccc(-c3cc4ccccc4s3)cc2)cc1. The van der Waals surface area contributed by atoms with Crippen molar-refractivity contribution in [2.45, 2.75) is 0 Å². The third-order valence-electron chi connectivity index (χ3n) is 3.66. The lowest BCUT2D eigenvalue weighted by Crippen LogP contribution is -2.01. The summed E-state index contributed by atoms with van der Waals surface area (Å²) < 4.78 is 1.35. The van der Waals surface area contributed by atoms with Crippen LogP contribution in [0.1, 0.15) is 0 Å². The Labute approximate surface area is 136 Å². The predicted molar refractivity (Wildman–Crippen MR) is 101 cm³/mol. The Kier molecular flexibility index (Phi) is 3.76. The van der Waals surface area contributed by atoms with Gasteiger partial charge in [-0.05, 0) is 33.7 Å². The number of rotatable bonds is 3. The van der Waals surface area contributed by atoms with Crippen molar-refractivity contribution >= 4 is 40.6 Å². The summed E-state index contributed by atoms with van der Waals surface area (Å²) in [5.74, 6) is 0. The molecular weight excluding hydrogens is 303 g/mol. The van der Waals surface area contributed by atoms with E-state index in [-0.39, 0.29) is 0 Å². The van der Waals surface area contributed by atoms with Crippen LogP contribution in [0.2, 0.25) is 0 Å². The van der Waals surface area contributed by atoms with E-state index in [2.05, 4.69) is 84.9 Å². The van der Waals surface area contributed by atoms with Crippen LogP contribution in [0.3, 0.4) is 0 Å². The molecule has 0 aliphatic heterocycles. The first-order chi connectivity index (χ1) is 10.9. The number of hydrogen-bond donors (Lipinski definition) is 0. The summed E-state index contributed by atoms with van der Waals surface area (Å²) in [6, 6.07) is 30.5. The zero-order valence-corrected chi connectivity index (χ0v) is 13.8. The van der Waals surface area contributed by atoms with Crippen molar-refractivity contribution in [3.05, 3.63) is 84.9 Å². The maximum absolute atomic E-state index is 2.29. The summed E-state index contributed by atoms with van der Waals surface area (Å²) in [5.41, 5.74) is 1.31. The Hall–Kier alpha value is -1.95. The van der Waals surface area contributed by atoms with Gasteiger partial charge in [-0.15, -0.1) is 11.3 Å².